The van der Waals surface area contributed by atoms with Crippen molar-refractivity contribution in [3.8, 4) is 11.1 Å². The molecule has 3 aromatic rings. The van der Waals surface area contributed by atoms with Crippen LogP contribution in [0.2, 0.25) is 0 Å². The zero-order valence-electron chi connectivity index (χ0n) is 18.9. The average molecular weight is 435 g/mol. The molecule has 0 aliphatic heterocycles. The summed E-state index contributed by atoms with van der Waals surface area (Å²) in [5.41, 5.74) is 15.0. The highest BCUT2D eigenvalue weighted by molar-refractivity contribution is 6.02. The van der Waals surface area contributed by atoms with Crippen molar-refractivity contribution in [1.82, 2.24) is 14.9 Å². The second-order valence-corrected chi connectivity index (χ2v) is 9.34. The van der Waals surface area contributed by atoms with Crippen molar-refractivity contribution in [2.24, 2.45) is 16.9 Å². The predicted molar refractivity (Wildman–Crippen MR) is 126 cm³/mol. The minimum Gasteiger partial charge on any atom is -0.379 e. The number of nitrogens with one attached hydrogen (secondary N) is 2. The third-order valence-electron chi connectivity index (χ3n) is 7.50. The number of anilines is 1. The van der Waals surface area contributed by atoms with Gasteiger partial charge in [0.05, 0.1) is 23.0 Å². The van der Waals surface area contributed by atoms with Crippen LogP contribution in [0, 0.1) is 5.41 Å². The van der Waals surface area contributed by atoms with E-state index in [2.05, 4.69) is 36.5 Å². The van der Waals surface area contributed by atoms with E-state index in [9.17, 15) is 9.59 Å². The van der Waals surface area contributed by atoms with Crippen LogP contribution in [0.15, 0.2) is 42.7 Å². The van der Waals surface area contributed by atoms with E-state index in [1.165, 1.54) is 6.20 Å². The van der Waals surface area contributed by atoms with Crippen LogP contribution in [-0.4, -0.2) is 40.1 Å². The Morgan fingerprint density at radius 2 is 1.78 bits per heavy atom. The Morgan fingerprint density at radius 3 is 2.34 bits per heavy atom. The summed E-state index contributed by atoms with van der Waals surface area (Å²) in [5.74, 6) is -0.992. The molecule has 1 aromatic carbocycles. The first-order valence-corrected chi connectivity index (χ1v) is 10.7. The summed E-state index contributed by atoms with van der Waals surface area (Å²) in [6.45, 7) is 6.71. The lowest BCUT2D eigenvalue weighted by Crippen LogP contribution is -2.53. The third-order valence-corrected chi connectivity index (χ3v) is 7.50. The molecule has 1 unspecified atom stereocenters. The van der Waals surface area contributed by atoms with E-state index in [4.69, 9.17) is 11.5 Å². The van der Waals surface area contributed by atoms with Gasteiger partial charge in [-0.2, -0.15) is 5.10 Å². The van der Waals surface area contributed by atoms with Gasteiger partial charge < -0.3 is 22.1 Å². The Balaban J connectivity index is 1.78. The van der Waals surface area contributed by atoms with Crippen molar-refractivity contribution in [1.29, 1.82) is 0 Å². The molecule has 8 nitrogen and oxygen atoms in total. The zero-order chi connectivity index (χ0) is 23.3. The first-order chi connectivity index (χ1) is 15.1. The molecule has 2 amide bonds. The number of primary amides is 2. The first-order valence-electron chi connectivity index (χ1n) is 10.7. The van der Waals surface area contributed by atoms with Crippen LogP contribution in [-0.2, 0) is 0 Å². The van der Waals surface area contributed by atoms with Crippen LogP contribution in [0.25, 0.3) is 16.6 Å². The van der Waals surface area contributed by atoms with Crippen LogP contribution in [0.5, 0.6) is 0 Å². The lowest BCUT2D eigenvalue weighted by atomic mass is 9.74. The van der Waals surface area contributed by atoms with Crippen molar-refractivity contribution >= 4 is 23.0 Å². The Kier molecular flexibility index (Phi) is 5.21. The molecule has 168 valence electrons. The molecule has 2 heterocycles. The molecule has 2 atom stereocenters. The number of nitrogens with zero attached hydrogens (tertiary/aromatic N) is 2. The molecule has 0 spiro atoms. The summed E-state index contributed by atoms with van der Waals surface area (Å²) in [7, 11) is 1.99. The summed E-state index contributed by atoms with van der Waals surface area (Å²) in [5, 5.41) is 11.5. The molecule has 2 aromatic heterocycles. The van der Waals surface area contributed by atoms with Crippen LogP contribution in [0.3, 0.4) is 0 Å². The monoisotopic (exact) mass is 434 g/mol. The SMILES string of the molecule is CNC1(C)CC[C@@H](Nc2c(C(N)=O)cnn3cc(-c4ccc(C(N)=O)cc4)cc23)C1(C)C. The van der Waals surface area contributed by atoms with E-state index in [0.29, 0.717) is 16.8 Å². The molecule has 4 rings (SSSR count). The molecule has 1 saturated carbocycles. The van der Waals surface area contributed by atoms with Gasteiger partial charge in [-0.1, -0.05) is 26.0 Å². The van der Waals surface area contributed by atoms with Gasteiger partial charge in [-0.15, -0.1) is 0 Å². The summed E-state index contributed by atoms with van der Waals surface area (Å²) in [6, 6.07) is 9.19. The van der Waals surface area contributed by atoms with E-state index in [1.807, 2.05) is 31.4 Å². The van der Waals surface area contributed by atoms with Crippen LogP contribution < -0.4 is 22.1 Å². The molecule has 0 bridgehead atoms. The van der Waals surface area contributed by atoms with E-state index in [-0.39, 0.29) is 17.0 Å². The summed E-state index contributed by atoms with van der Waals surface area (Å²) in [6.07, 6.45) is 5.37. The van der Waals surface area contributed by atoms with Gasteiger partial charge in [-0.25, -0.2) is 4.52 Å². The number of aromatic nitrogens is 2. The topological polar surface area (TPSA) is 128 Å². The van der Waals surface area contributed by atoms with Gasteiger partial charge in [0, 0.05) is 34.3 Å². The number of nitrogens with two attached hydrogens (primary N) is 2. The second kappa shape index (κ2) is 7.63. The van der Waals surface area contributed by atoms with E-state index >= 15 is 0 Å². The highest BCUT2D eigenvalue weighted by Crippen LogP contribution is 2.47. The largest absolute Gasteiger partial charge is 0.379 e. The standard InChI is InChI=1S/C24H30N6O2/c1-23(2)19(9-10-24(23,3)27-4)29-20-17(22(26)32)12-28-30-13-16(11-18(20)30)14-5-7-15(8-6-14)21(25)31/h5-8,11-13,19,27,29H,9-10H2,1-4H3,(H2,25,31)(H2,26,32)/t19-,24?/m1/s1. The highest BCUT2D eigenvalue weighted by atomic mass is 16.1. The fraction of sp³-hybridized carbons (Fsp3) is 0.375. The number of rotatable bonds is 6. The maximum absolute atomic E-state index is 12.2. The van der Waals surface area contributed by atoms with Crippen LogP contribution >= 0.6 is 0 Å². The Morgan fingerprint density at radius 1 is 1.09 bits per heavy atom. The molecule has 6 N–H and O–H groups in total. The van der Waals surface area contributed by atoms with Crippen molar-refractivity contribution in [3.05, 3.63) is 53.9 Å². The van der Waals surface area contributed by atoms with Crippen molar-refractivity contribution in [2.75, 3.05) is 12.4 Å². The summed E-state index contributed by atoms with van der Waals surface area (Å²) >= 11 is 0. The van der Waals surface area contributed by atoms with Crippen molar-refractivity contribution < 1.29 is 9.59 Å². The average Bonchev–Trinajstić information content (AvgIpc) is 3.29. The smallest absolute Gasteiger partial charge is 0.252 e. The van der Waals surface area contributed by atoms with Gasteiger partial charge in [0.2, 0.25) is 5.91 Å². The number of amides is 2. The number of carbonyl (C=O) groups is 2. The van der Waals surface area contributed by atoms with E-state index in [0.717, 1.165) is 29.5 Å². The quantitative estimate of drug-likeness (QED) is 0.474. The highest BCUT2D eigenvalue weighted by Gasteiger charge is 2.51. The van der Waals surface area contributed by atoms with Gasteiger partial charge >= 0.3 is 0 Å². The Hall–Kier alpha value is -3.39. The second-order valence-electron chi connectivity index (χ2n) is 9.34. The van der Waals surface area contributed by atoms with Gasteiger partial charge in [0.15, 0.2) is 0 Å². The van der Waals surface area contributed by atoms with Crippen molar-refractivity contribution in [3.63, 3.8) is 0 Å². The molecule has 1 fully saturated rings. The molecule has 1 aliphatic carbocycles. The predicted octanol–water partition coefficient (Wildman–Crippen LogP) is 2.78. The molecule has 0 saturated heterocycles. The minimum atomic E-state index is -0.525. The first kappa shape index (κ1) is 21.8. The lowest BCUT2D eigenvalue weighted by molar-refractivity contribution is 0.0992. The normalized spacial score (nSPS) is 22.2. The van der Waals surface area contributed by atoms with Gasteiger partial charge in [0.1, 0.15) is 0 Å². The van der Waals surface area contributed by atoms with Gasteiger partial charge in [-0.05, 0) is 50.6 Å². The van der Waals surface area contributed by atoms with Crippen LogP contribution in [0.1, 0.15) is 54.3 Å². The zero-order valence-corrected chi connectivity index (χ0v) is 18.9. The molecule has 32 heavy (non-hydrogen) atoms. The van der Waals surface area contributed by atoms with E-state index in [1.54, 1.807) is 16.6 Å². The van der Waals surface area contributed by atoms with E-state index < -0.39 is 11.8 Å². The number of carbonyl (C=O) groups excluding carboxylic acids is 2. The molecular formula is C24H30N6O2. The fourth-order valence-electron chi connectivity index (χ4n) is 4.75. The molecule has 8 heteroatoms. The number of hydrogen-bond donors (Lipinski definition) is 4. The Bertz CT molecular complexity index is 1200. The lowest BCUT2D eigenvalue weighted by Gasteiger charge is -2.42. The molecule has 1 aliphatic rings. The molecule has 0 radical (unpaired) electrons. The summed E-state index contributed by atoms with van der Waals surface area (Å²) < 4.78 is 1.74. The molecular weight excluding hydrogens is 404 g/mol. The maximum Gasteiger partial charge on any atom is 0.252 e. The van der Waals surface area contributed by atoms with Gasteiger partial charge in [0.25, 0.3) is 5.91 Å². The van der Waals surface area contributed by atoms with Gasteiger partial charge in [-0.3, -0.25) is 9.59 Å². The summed E-state index contributed by atoms with van der Waals surface area (Å²) in [4.78, 5) is 23.6. The van der Waals surface area contributed by atoms with Crippen LogP contribution in [0.4, 0.5) is 5.69 Å². The maximum atomic E-state index is 12.2. The number of benzene rings is 1. The number of hydrogen-bond acceptors (Lipinski definition) is 5. The fourth-order valence-corrected chi connectivity index (χ4v) is 4.75. The Labute approximate surface area is 187 Å². The third kappa shape index (κ3) is 3.40. The van der Waals surface area contributed by atoms with Crippen molar-refractivity contribution in [2.45, 2.75) is 45.2 Å². The minimum absolute atomic E-state index is 0.0316. The number of fused-ring (bicyclic) bond motifs is 1.